The molecule has 156 valence electrons. The zero-order valence-corrected chi connectivity index (χ0v) is 17.8. The minimum absolute atomic E-state index is 0.0246. The lowest BCUT2D eigenvalue weighted by molar-refractivity contribution is -0.116. The molecule has 0 aliphatic carbocycles. The maximum atomic E-state index is 13.0. The van der Waals surface area contributed by atoms with E-state index < -0.39 is 15.2 Å². The first-order valence-corrected chi connectivity index (χ1v) is 11.8. The van der Waals surface area contributed by atoms with E-state index in [9.17, 15) is 18.0 Å². The standard InChI is InChI=1S/C20H20N4O4S2/c1-12-4-2-5-13(10-12)30(27,28)20-18-14(11-21-20)19(24-23-18)22-17(26)8-7-15(25)16-6-3-9-29-16/h2-6,9-10,20-21H,7-8,11H2,1H3,(H2,22,23,24,26). The second kappa shape index (κ2) is 8.13. The number of amides is 1. The summed E-state index contributed by atoms with van der Waals surface area (Å²) < 4.78 is 26.1. The first-order chi connectivity index (χ1) is 14.4. The van der Waals surface area contributed by atoms with Gasteiger partial charge >= 0.3 is 0 Å². The van der Waals surface area contributed by atoms with Crippen molar-refractivity contribution in [3.63, 3.8) is 0 Å². The Bertz CT molecular complexity index is 1200. The Labute approximate surface area is 177 Å². The van der Waals surface area contributed by atoms with Gasteiger partial charge in [-0.05, 0) is 36.1 Å². The molecule has 1 unspecified atom stereocenters. The lowest BCUT2D eigenvalue weighted by Crippen LogP contribution is -2.23. The summed E-state index contributed by atoms with van der Waals surface area (Å²) in [6.45, 7) is 2.09. The molecule has 30 heavy (non-hydrogen) atoms. The summed E-state index contributed by atoms with van der Waals surface area (Å²) in [5, 5.41) is 13.3. The average Bonchev–Trinajstić information content (AvgIpc) is 3.45. The summed E-state index contributed by atoms with van der Waals surface area (Å²) >= 11 is 1.34. The van der Waals surface area contributed by atoms with Gasteiger partial charge in [-0.25, -0.2) is 8.42 Å². The first kappa shape index (κ1) is 20.5. The van der Waals surface area contributed by atoms with Gasteiger partial charge in [-0.15, -0.1) is 11.3 Å². The van der Waals surface area contributed by atoms with E-state index in [-0.39, 0.29) is 41.8 Å². The third-order valence-electron chi connectivity index (χ3n) is 4.89. The SMILES string of the molecule is Cc1cccc(S(=O)(=O)C2NCc3c(NC(=O)CCC(=O)c4cccs4)n[nH]c32)c1. The highest BCUT2D eigenvalue weighted by molar-refractivity contribution is 7.91. The lowest BCUT2D eigenvalue weighted by Gasteiger charge is -2.12. The number of H-pyrrole nitrogens is 1. The smallest absolute Gasteiger partial charge is 0.226 e. The largest absolute Gasteiger partial charge is 0.309 e. The van der Waals surface area contributed by atoms with Crippen LogP contribution in [0.1, 0.15) is 44.7 Å². The molecular formula is C20H20N4O4S2. The highest BCUT2D eigenvalue weighted by Gasteiger charge is 2.38. The number of nitrogens with zero attached hydrogens (tertiary/aromatic N) is 1. The quantitative estimate of drug-likeness (QED) is 0.482. The van der Waals surface area contributed by atoms with Crippen molar-refractivity contribution in [2.45, 2.75) is 36.6 Å². The monoisotopic (exact) mass is 444 g/mol. The fourth-order valence-corrected chi connectivity index (χ4v) is 5.74. The van der Waals surface area contributed by atoms with Gasteiger partial charge in [0.1, 0.15) is 0 Å². The van der Waals surface area contributed by atoms with Gasteiger partial charge in [0.15, 0.2) is 26.8 Å². The number of aromatic amines is 1. The number of carbonyl (C=O) groups excluding carboxylic acids is 2. The summed E-state index contributed by atoms with van der Waals surface area (Å²) in [7, 11) is -3.67. The highest BCUT2D eigenvalue weighted by atomic mass is 32.2. The fourth-order valence-electron chi connectivity index (χ4n) is 3.35. The number of aryl methyl sites for hydroxylation is 1. The van der Waals surface area contributed by atoms with Gasteiger partial charge < -0.3 is 5.32 Å². The van der Waals surface area contributed by atoms with Crippen LogP contribution < -0.4 is 10.6 Å². The zero-order chi connectivity index (χ0) is 21.3. The molecular weight excluding hydrogens is 424 g/mol. The van der Waals surface area contributed by atoms with Crippen molar-refractivity contribution in [2.24, 2.45) is 0 Å². The Balaban J connectivity index is 1.45. The average molecular weight is 445 g/mol. The predicted molar refractivity (Wildman–Crippen MR) is 113 cm³/mol. The van der Waals surface area contributed by atoms with E-state index in [2.05, 4.69) is 20.8 Å². The summed E-state index contributed by atoms with van der Waals surface area (Å²) in [6, 6.07) is 10.2. The van der Waals surface area contributed by atoms with Crippen LogP contribution in [0.5, 0.6) is 0 Å². The van der Waals surface area contributed by atoms with E-state index in [0.29, 0.717) is 16.1 Å². The van der Waals surface area contributed by atoms with Crippen LogP contribution in [0.2, 0.25) is 0 Å². The molecule has 1 aliphatic heterocycles. The van der Waals surface area contributed by atoms with Gasteiger partial charge in [-0.1, -0.05) is 18.2 Å². The number of sulfone groups is 1. The van der Waals surface area contributed by atoms with Crippen LogP contribution >= 0.6 is 11.3 Å². The van der Waals surface area contributed by atoms with Crippen molar-refractivity contribution in [3.8, 4) is 0 Å². The van der Waals surface area contributed by atoms with E-state index in [1.54, 1.807) is 30.3 Å². The molecule has 0 saturated heterocycles. The molecule has 0 spiro atoms. The van der Waals surface area contributed by atoms with Gasteiger partial charge in [-0.2, -0.15) is 5.10 Å². The molecule has 8 nitrogen and oxygen atoms in total. The number of aromatic nitrogens is 2. The Kier molecular flexibility index (Phi) is 5.54. The third-order valence-corrected chi connectivity index (χ3v) is 7.73. The van der Waals surface area contributed by atoms with E-state index in [4.69, 9.17) is 0 Å². The van der Waals surface area contributed by atoms with Crippen LogP contribution in [0.3, 0.4) is 0 Å². The number of hydrogen-bond donors (Lipinski definition) is 3. The number of rotatable bonds is 7. The lowest BCUT2D eigenvalue weighted by atomic mass is 10.2. The Morgan fingerprint density at radius 1 is 1.23 bits per heavy atom. The molecule has 3 N–H and O–H groups in total. The van der Waals surface area contributed by atoms with Crippen molar-refractivity contribution >= 4 is 38.7 Å². The number of fused-ring (bicyclic) bond motifs is 1. The van der Waals surface area contributed by atoms with Crippen molar-refractivity contribution < 1.29 is 18.0 Å². The number of carbonyl (C=O) groups is 2. The minimum Gasteiger partial charge on any atom is -0.309 e. The second-order valence-corrected chi connectivity index (χ2v) is 10.0. The van der Waals surface area contributed by atoms with Crippen molar-refractivity contribution in [1.29, 1.82) is 0 Å². The molecule has 4 rings (SSSR count). The van der Waals surface area contributed by atoms with Crippen molar-refractivity contribution in [1.82, 2.24) is 15.5 Å². The molecule has 0 radical (unpaired) electrons. The van der Waals surface area contributed by atoms with Crippen LogP contribution in [0, 0.1) is 6.92 Å². The Hall–Kier alpha value is -2.82. The molecule has 1 aromatic carbocycles. The van der Waals surface area contributed by atoms with Crippen molar-refractivity contribution in [3.05, 3.63) is 63.5 Å². The number of benzene rings is 1. The van der Waals surface area contributed by atoms with Crippen LogP contribution in [-0.2, 0) is 21.2 Å². The van der Waals surface area contributed by atoms with Gasteiger partial charge in [0, 0.05) is 24.9 Å². The number of ketones is 1. The number of Topliss-reactive ketones (excluding diaryl/α,β-unsaturated/α-hetero) is 1. The second-order valence-electron chi connectivity index (χ2n) is 7.04. The topological polar surface area (TPSA) is 121 Å². The van der Waals surface area contributed by atoms with Gasteiger partial charge in [0.25, 0.3) is 0 Å². The van der Waals surface area contributed by atoms with Crippen LogP contribution in [-0.4, -0.2) is 30.3 Å². The number of anilines is 1. The van der Waals surface area contributed by atoms with Crippen LogP contribution in [0.4, 0.5) is 5.82 Å². The Morgan fingerprint density at radius 3 is 2.80 bits per heavy atom. The molecule has 1 aliphatic rings. The Morgan fingerprint density at radius 2 is 2.07 bits per heavy atom. The summed E-state index contributed by atoms with van der Waals surface area (Å²) in [5.74, 6) is -0.148. The highest BCUT2D eigenvalue weighted by Crippen LogP contribution is 2.35. The fraction of sp³-hybridized carbons (Fsp3) is 0.250. The maximum Gasteiger partial charge on any atom is 0.226 e. The van der Waals surface area contributed by atoms with Gasteiger partial charge in [0.05, 0.1) is 15.5 Å². The predicted octanol–water partition coefficient (Wildman–Crippen LogP) is 2.96. The molecule has 0 fully saturated rings. The first-order valence-electron chi connectivity index (χ1n) is 9.34. The molecule has 0 bridgehead atoms. The summed E-state index contributed by atoms with van der Waals surface area (Å²) in [6.07, 6.45) is 0.123. The molecule has 10 heteroatoms. The molecule has 3 aromatic rings. The van der Waals surface area contributed by atoms with Crippen LogP contribution in [0.25, 0.3) is 0 Å². The van der Waals surface area contributed by atoms with Crippen LogP contribution in [0.15, 0.2) is 46.7 Å². The molecule has 1 atom stereocenters. The number of thiophene rings is 1. The number of hydrogen-bond acceptors (Lipinski definition) is 7. The molecule has 3 heterocycles. The van der Waals surface area contributed by atoms with E-state index in [0.717, 1.165) is 5.56 Å². The minimum atomic E-state index is -3.67. The molecule has 0 saturated carbocycles. The van der Waals surface area contributed by atoms with Crippen molar-refractivity contribution in [2.75, 3.05) is 5.32 Å². The third kappa shape index (κ3) is 3.93. The summed E-state index contributed by atoms with van der Waals surface area (Å²) in [5.41, 5.74) is 1.87. The van der Waals surface area contributed by atoms with Gasteiger partial charge in [-0.3, -0.25) is 20.0 Å². The normalized spacial score (nSPS) is 15.7. The molecule has 2 aromatic heterocycles. The van der Waals surface area contributed by atoms with E-state index >= 15 is 0 Å². The zero-order valence-electron chi connectivity index (χ0n) is 16.1. The number of nitrogens with one attached hydrogen (secondary N) is 3. The summed E-state index contributed by atoms with van der Waals surface area (Å²) in [4.78, 5) is 25.2. The van der Waals surface area contributed by atoms with E-state index in [1.807, 2.05) is 18.4 Å². The van der Waals surface area contributed by atoms with E-state index in [1.165, 1.54) is 11.3 Å². The molecule has 1 amide bonds. The maximum absolute atomic E-state index is 13.0. The van der Waals surface area contributed by atoms with Gasteiger partial charge in [0.2, 0.25) is 5.91 Å².